The first-order valence-electron chi connectivity index (χ1n) is 8.06. The maximum absolute atomic E-state index is 15.1. The number of allylic oxidation sites excluding steroid dienone is 4. The van der Waals surface area contributed by atoms with E-state index in [1.54, 1.807) is 5.38 Å². The van der Waals surface area contributed by atoms with Crippen molar-refractivity contribution in [3.63, 3.8) is 0 Å². The summed E-state index contributed by atoms with van der Waals surface area (Å²) in [6, 6.07) is 6.09. The monoisotopic (exact) mass is 368 g/mol. The number of nitrogens with zero attached hydrogens (tertiary/aromatic N) is 4. The van der Waals surface area contributed by atoms with E-state index in [1.807, 2.05) is 0 Å². The summed E-state index contributed by atoms with van der Waals surface area (Å²) in [7, 11) is 0. The first kappa shape index (κ1) is 19.3. The molecule has 0 amide bonds. The Bertz CT molecular complexity index is 924. The molecule has 0 saturated carbocycles. The smallest absolute Gasteiger partial charge is 0.196 e. The number of hydrogen-bond acceptors (Lipinski definition) is 5. The summed E-state index contributed by atoms with van der Waals surface area (Å²) in [5.41, 5.74) is -1.98. The van der Waals surface area contributed by atoms with Crippen molar-refractivity contribution >= 4 is 22.5 Å². The fourth-order valence-corrected chi connectivity index (χ4v) is 4.22. The van der Waals surface area contributed by atoms with Gasteiger partial charge in [-0.15, -0.1) is 11.3 Å². The largest absolute Gasteiger partial charge is 0.304 e. The van der Waals surface area contributed by atoms with Crippen LogP contribution in [0, 0.1) is 45.3 Å². The van der Waals surface area contributed by atoms with E-state index < -0.39 is 28.2 Å². The summed E-state index contributed by atoms with van der Waals surface area (Å²) < 4.78 is 30.1. The average Bonchev–Trinajstić information content (AvgIpc) is 3.11. The Morgan fingerprint density at radius 2 is 1.54 bits per heavy atom. The zero-order valence-electron chi connectivity index (χ0n) is 14.1. The molecule has 1 aliphatic carbocycles. The van der Waals surface area contributed by atoms with Crippen molar-refractivity contribution in [1.29, 1.82) is 21.0 Å². The van der Waals surface area contributed by atoms with Gasteiger partial charge in [0.05, 0.1) is 11.1 Å². The highest BCUT2D eigenvalue weighted by Crippen LogP contribution is 2.57. The lowest BCUT2D eigenvalue weighted by molar-refractivity contribution is 0.138. The fourth-order valence-electron chi connectivity index (χ4n) is 3.03. The quantitative estimate of drug-likeness (QED) is 0.532. The zero-order chi connectivity index (χ0) is 19.3. The number of thiophene rings is 1. The predicted octanol–water partition coefficient (Wildman–Crippen LogP) is 5.12. The third-order valence-electron chi connectivity index (χ3n) is 4.22. The molecule has 0 spiro atoms. The van der Waals surface area contributed by atoms with Crippen LogP contribution in [0.3, 0.4) is 0 Å². The van der Waals surface area contributed by atoms with Gasteiger partial charge in [-0.2, -0.15) is 29.8 Å². The van der Waals surface area contributed by atoms with Crippen molar-refractivity contribution in [2.24, 2.45) is 0 Å². The maximum atomic E-state index is 15.1. The van der Waals surface area contributed by atoms with Crippen LogP contribution in [0.4, 0.5) is 8.78 Å². The molecule has 130 valence electrons. The van der Waals surface area contributed by atoms with E-state index in [-0.39, 0.29) is 10.4 Å². The van der Waals surface area contributed by atoms with Gasteiger partial charge < -0.3 is 0 Å². The molecular weight excluding hydrogens is 354 g/mol. The summed E-state index contributed by atoms with van der Waals surface area (Å²) in [5, 5.41) is 38.2. The Balaban J connectivity index is 2.72. The summed E-state index contributed by atoms with van der Waals surface area (Å²) in [6.07, 6.45) is 4.36. The molecule has 1 aliphatic rings. The van der Waals surface area contributed by atoms with Crippen molar-refractivity contribution in [1.82, 2.24) is 0 Å². The predicted molar refractivity (Wildman–Crippen MR) is 93.4 cm³/mol. The van der Waals surface area contributed by atoms with E-state index in [9.17, 15) is 0 Å². The molecule has 0 N–H and O–H groups in total. The van der Waals surface area contributed by atoms with Crippen LogP contribution >= 0.6 is 11.3 Å². The first-order valence-corrected chi connectivity index (χ1v) is 8.94. The topological polar surface area (TPSA) is 95.2 Å². The lowest BCUT2D eigenvalue weighted by atomic mass is 9.96. The highest BCUT2D eigenvalue weighted by Gasteiger charge is 2.53. The molecule has 1 aromatic heterocycles. The zero-order valence-corrected chi connectivity index (χ0v) is 14.9. The second-order valence-electron chi connectivity index (χ2n) is 5.80. The Morgan fingerprint density at radius 1 is 0.962 bits per heavy atom. The number of alkyl halides is 2. The molecule has 0 saturated heterocycles. The van der Waals surface area contributed by atoms with Gasteiger partial charge in [-0.25, -0.2) is 0 Å². The molecule has 2 rings (SSSR count). The summed E-state index contributed by atoms with van der Waals surface area (Å²) in [5.74, 6) is -3.72. The van der Waals surface area contributed by atoms with Gasteiger partial charge in [0.1, 0.15) is 35.4 Å². The Morgan fingerprint density at radius 3 is 2.08 bits per heavy atom. The molecule has 0 fully saturated rings. The molecule has 0 atom stereocenters. The minimum Gasteiger partial charge on any atom is -0.196 e. The number of aryl methyl sites for hydroxylation is 1. The van der Waals surface area contributed by atoms with Crippen molar-refractivity contribution in [3.05, 3.63) is 32.5 Å². The second kappa shape index (κ2) is 7.92. The summed E-state index contributed by atoms with van der Waals surface area (Å²) >= 11 is 1.02. The van der Waals surface area contributed by atoms with E-state index in [0.717, 1.165) is 37.0 Å². The molecule has 1 heterocycles. The van der Waals surface area contributed by atoms with Gasteiger partial charge in [0.25, 0.3) is 0 Å². The van der Waals surface area contributed by atoms with E-state index >= 15 is 8.78 Å². The molecule has 0 bridgehead atoms. The molecule has 1 aromatic rings. The van der Waals surface area contributed by atoms with Gasteiger partial charge in [0, 0.05) is 10.4 Å². The highest BCUT2D eigenvalue weighted by molar-refractivity contribution is 7.11. The Labute approximate surface area is 154 Å². The van der Waals surface area contributed by atoms with E-state index in [0.29, 0.717) is 12.0 Å². The van der Waals surface area contributed by atoms with Crippen LogP contribution in [-0.4, -0.2) is 5.92 Å². The van der Waals surface area contributed by atoms with Gasteiger partial charge in [-0.1, -0.05) is 26.2 Å². The van der Waals surface area contributed by atoms with Gasteiger partial charge in [0.2, 0.25) is 0 Å². The Hall–Kier alpha value is -3.00. The van der Waals surface area contributed by atoms with Crippen LogP contribution in [0.5, 0.6) is 0 Å². The maximum Gasteiger partial charge on any atom is 0.304 e. The number of rotatable bonds is 5. The summed E-state index contributed by atoms with van der Waals surface area (Å²) in [4.78, 5) is 0.108. The van der Waals surface area contributed by atoms with Gasteiger partial charge in [-0.3, -0.25) is 0 Å². The number of halogens is 2. The van der Waals surface area contributed by atoms with Crippen molar-refractivity contribution in [2.75, 3.05) is 0 Å². The van der Waals surface area contributed by atoms with Gasteiger partial charge in [0.15, 0.2) is 0 Å². The van der Waals surface area contributed by atoms with Crippen molar-refractivity contribution < 1.29 is 8.78 Å². The number of hydrogen-bond donors (Lipinski definition) is 0. The first-order chi connectivity index (χ1) is 12.5. The molecule has 0 unspecified atom stereocenters. The fraction of sp³-hybridized carbons (Fsp3) is 0.368. The van der Waals surface area contributed by atoms with Crippen LogP contribution in [0.25, 0.3) is 11.1 Å². The van der Waals surface area contributed by atoms with E-state index in [4.69, 9.17) is 21.0 Å². The van der Waals surface area contributed by atoms with Crippen LogP contribution in [-0.2, 0) is 6.42 Å². The van der Waals surface area contributed by atoms with Crippen LogP contribution in [0.2, 0.25) is 0 Å². The third kappa shape index (κ3) is 3.11. The number of fused-ring (bicyclic) bond motifs is 1. The molecule has 7 heteroatoms. The standard InChI is InChI=1S/C19H14F2N4S/c1-2-3-4-5-6-12-11-26-18-15(12)16(13(7-22)8-23)19(20,21)17(18)14(9-24)10-25/h11H,2-6H2,1H3. The normalized spacial score (nSPS) is 14.0. The average molecular weight is 368 g/mol. The summed E-state index contributed by atoms with van der Waals surface area (Å²) in [6.45, 7) is 2.07. The second-order valence-corrected chi connectivity index (χ2v) is 6.68. The van der Waals surface area contributed by atoms with Crippen molar-refractivity contribution in [3.8, 4) is 24.3 Å². The van der Waals surface area contributed by atoms with Crippen LogP contribution < -0.4 is 0 Å². The SMILES string of the molecule is CCCCCCc1csc2c1C(=C(C#N)C#N)C(F)(F)C2=C(C#N)C#N. The molecular formula is C19H14F2N4S. The lowest BCUT2D eigenvalue weighted by Crippen LogP contribution is -2.17. The van der Waals surface area contributed by atoms with Gasteiger partial charge in [-0.05, 0) is 23.8 Å². The van der Waals surface area contributed by atoms with Gasteiger partial charge >= 0.3 is 5.92 Å². The third-order valence-corrected chi connectivity index (χ3v) is 5.27. The number of unbranched alkanes of at least 4 members (excludes halogenated alkanes) is 3. The molecule has 0 aromatic carbocycles. The molecule has 4 nitrogen and oxygen atoms in total. The molecule has 0 aliphatic heterocycles. The number of nitriles is 4. The van der Waals surface area contributed by atoms with E-state index in [1.165, 1.54) is 24.3 Å². The van der Waals surface area contributed by atoms with Crippen LogP contribution in [0.1, 0.15) is 48.6 Å². The molecule has 0 radical (unpaired) electrons. The minimum atomic E-state index is -3.72. The Kier molecular flexibility index (Phi) is 5.89. The van der Waals surface area contributed by atoms with E-state index in [2.05, 4.69) is 6.92 Å². The lowest BCUT2D eigenvalue weighted by Gasteiger charge is -2.15. The molecule has 26 heavy (non-hydrogen) atoms. The highest BCUT2D eigenvalue weighted by atomic mass is 32.1. The van der Waals surface area contributed by atoms with Crippen molar-refractivity contribution in [2.45, 2.75) is 45.0 Å². The van der Waals surface area contributed by atoms with Crippen LogP contribution in [0.15, 0.2) is 16.5 Å². The minimum absolute atomic E-state index is 0.108.